The molecule has 6 N–H and O–H groups in total. The van der Waals surface area contributed by atoms with Gasteiger partial charge in [0.2, 0.25) is 5.13 Å². The Labute approximate surface area is 189 Å². The van der Waals surface area contributed by atoms with Crippen molar-refractivity contribution in [2.24, 2.45) is 17.4 Å². The van der Waals surface area contributed by atoms with E-state index in [0.29, 0.717) is 26.1 Å². The molecule has 12 heteroatoms. The van der Waals surface area contributed by atoms with Crippen LogP contribution < -0.4 is 21.5 Å². The van der Waals surface area contributed by atoms with E-state index < -0.39 is 20.7 Å². The summed E-state index contributed by atoms with van der Waals surface area (Å²) in [5.74, 6) is -0.906. The minimum absolute atomic E-state index is 0.0290. The standard InChI is InChI=1S/C19H22ClFN6O2S2/c20-15-6-18(31(28,29)27-19-25-11-26-30-19)16(21)7-17(15)24-10-12(8-22)5-13-3-1-2-4-14(13)9-23/h1-4,6-7,11-12,24H,5,8-10,22-23H2,(H,25,26,27). The fourth-order valence-corrected chi connectivity index (χ4v) is 5.06. The molecule has 0 saturated heterocycles. The Bertz CT molecular complexity index is 1130. The SMILES string of the molecule is NCc1ccccc1CC(CN)CNc1cc(F)c(S(=O)(=O)Nc2ncns2)cc1Cl. The first-order valence-corrected chi connectivity index (χ1v) is 12.0. The van der Waals surface area contributed by atoms with E-state index in [1.54, 1.807) is 0 Å². The molecule has 1 heterocycles. The van der Waals surface area contributed by atoms with Crippen LogP contribution in [-0.2, 0) is 23.0 Å². The molecule has 0 spiro atoms. The molecule has 0 aliphatic rings. The molecule has 1 aromatic heterocycles. The summed E-state index contributed by atoms with van der Waals surface area (Å²) in [6, 6.07) is 9.96. The second-order valence-electron chi connectivity index (χ2n) is 6.77. The largest absolute Gasteiger partial charge is 0.383 e. The molecule has 0 amide bonds. The molecule has 1 unspecified atom stereocenters. The van der Waals surface area contributed by atoms with Gasteiger partial charge in [0.15, 0.2) is 0 Å². The number of nitrogens with two attached hydrogens (primary N) is 2. The number of hydrogen-bond acceptors (Lipinski definition) is 8. The van der Waals surface area contributed by atoms with E-state index in [4.69, 9.17) is 23.1 Å². The highest BCUT2D eigenvalue weighted by Gasteiger charge is 2.23. The van der Waals surface area contributed by atoms with Crippen molar-refractivity contribution in [2.75, 3.05) is 23.1 Å². The lowest BCUT2D eigenvalue weighted by molar-refractivity contribution is 0.559. The van der Waals surface area contributed by atoms with Gasteiger partial charge in [-0.15, -0.1) is 0 Å². The third-order valence-electron chi connectivity index (χ3n) is 4.66. The van der Waals surface area contributed by atoms with Crippen molar-refractivity contribution in [3.63, 3.8) is 0 Å². The lowest BCUT2D eigenvalue weighted by Gasteiger charge is -2.19. The van der Waals surface area contributed by atoms with Gasteiger partial charge in [0, 0.05) is 24.6 Å². The second kappa shape index (κ2) is 10.3. The maximum absolute atomic E-state index is 14.6. The van der Waals surface area contributed by atoms with Crippen molar-refractivity contribution in [3.8, 4) is 0 Å². The van der Waals surface area contributed by atoms with Crippen LogP contribution in [0.1, 0.15) is 11.1 Å². The minimum atomic E-state index is -4.20. The van der Waals surface area contributed by atoms with Crippen LogP contribution in [0.25, 0.3) is 0 Å². The van der Waals surface area contributed by atoms with Crippen LogP contribution in [0, 0.1) is 11.7 Å². The van der Waals surface area contributed by atoms with E-state index in [-0.39, 0.29) is 21.8 Å². The van der Waals surface area contributed by atoms with Crippen LogP contribution in [0.15, 0.2) is 47.6 Å². The number of halogens is 2. The van der Waals surface area contributed by atoms with Crippen LogP contribution in [0.4, 0.5) is 15.2 Å². The Kier molecular flexibility index (Phi) is 7.79. The zero-order chi connectivity index (χ0) is 22.4. The first-order chi connectivity index (χ1) is 14.8. The summed E-state index contributed by atoms with van der Waals surface area (Å²) in [6.07, 6.45) is 1.88. The molecular formula is C19H22ClFN6O2S2. The highest BCUT2D eigenvalue weighted by atomic mass is 35.5. The van der Waals surface area contributed by atoms with Gasteiger partial charge in [0.25, 0.3) is 10.0 Å². The quantitative estimate of drug-likeness (QED) is 0.347. The molecule has 0 bridgehead atoms. The van der Waals surface area contributed by atoms with E-state index in [9.17, 15) is 12.8 Å². The Morgan fingerprint density at radius 3 is 2.58 bits per heavy atom. The normalized spacial score (nSPS) is 12.5. The molecule has 0 aliphatic heterocycles. The van der Waals surface area contributed by atoms with E-state index >= 15 is 0 Å². The summed E-state index contributed by atoms with van der Waals surface area (Å²) in [5.41, 5.74) is 14.1. The maximum atomic E-state index is 14.6. The van der Waals surface area contributed by atoms with Crippen molar-refractivity contribution in [1.82, 2.24) is 9.36 Å². The van der Waals surface area contributed by atoms with E-state index in [0.717, 1.165) is 34.8 Å². The van der Waals surface area contributed by atoms with Crippen molar-refractivity contribution < 1.29 is 12.8 Å². The smallest absolute Gasteiger partial charge is 0.266 e. The van der Waals surface area contributed by atoms with Gasteiger partial charge < -0.3 is 16.8 Å². The van der Waals surface area contributed by atoms with Crippen molar-refractivity contribution >= 4 is 44.0 Å². The summed E-state index contributed by atoms with van der Waals surface area (Å²) in [5, 5.41) is 3.16. The topological polar surface area (TPSA) is 136 Å². The van der Waals surface area contributed by atoms with E-state index in [2.05, 4.69) is 19.4 Å². The van der Waals surface area contributed by atoms with Crippen LogP contribution in [-0.4, -0.2) is 30.9 Å². The fourth-order valence-electron chi connectivity index (χ4n) is 3.02. The van der Waals surface area contributed by atoms with E-state index in [1.165, 1.54) is 6.33 Å². The number of hydrogen-bond donors (Lipinski definition) is 4. The first-order valence-electron chi connectivity index (χ1n) is 9.33. The number of nitrogens with zero attached hydrogens (tertiary/aromatic N) is 2. The van der Waals surface area contributed by atoms with Crippen molar-refractivity contribution in [3.05, 3.63) is 64.7 Å². The average molecular weight is 485 g/mol. The molecule has 3 rings (SSSR count). The molecule has 0 aliphatic carbocycles. The third kappa shape index (κ3) is 5.89. The highest BCUT2D eigenvalue weighted by molar-refractivity contribution is 7.93. The van der Waals surface area contributed by atoms with E-state index in [1.807, 2.05) is 24.3 Å². The minimum Gasteiger partial charge on any atom is -0.383 e. The van der Waals surface area contributed by atoms with Gasteiger partial charge in [-0.1, -0.05) is 35.9 Å². The number of anilines is 2. The maximum Gasteiger partial charge on any atom is 0.266 e. The van der Waals surface area contributed by atoms with Crippen LogP contribution in [0.2, 0.25) is 5.02 Å². The molecule has 31 heavy (non-hydrogen) atoms. The zero-order valence-corrected chi connectivity index (χ0v) is 18.8. The zero-order valence-electron chi connectivity index (χ0n) is 16.4. The Morgan fingerprint density at radius 1 is 1.19 bits per heavy atom. The third-order valence-corrected chi connectivity index (χ3v) is 7.03. The van der Waals surface area contributed by atoms with Gasteiger partial charge in [0.05, 0.1) is 10.7 Å². The molecule has 0 radical (unpaired) electrons. The number of nitrogens with one attached hydrogen (secondary N) is 2. The number of sulfonamides is 1. The van der Waals surface area contributed by atoms with Gasteiger partial charge in [-0.2, -0.15) is 4.37 Å². The molecule has 166 valence electrons. The number of benzene rings is 2. The van der Waals surface area contributed by atoms with Gasteiger partial charge in [0.1, 0.15) is 17.0 Å². The highest BCUT2D eigenvalue weighted by Crippen LogP contribution is 2.29. The van der Waals surface area contributed by atoms with Crippen LogP contribution in [0.5, 0.6) is 0 Å². The Hall–Kier alpha value is -2.31. The lowest BCUT2D eigenvalue weighted by atomic mass is 9.95. The molecule has 1 atom stereocenters. The molecule has 3 aromatic rings. The predicted octanol–water partition coefficient (Wildman–Crippen LogP) is 2.82. The molecule has 0 fully saturated rings. The number of rotatable bonds is 10. The van der Waals surface area contributed by atoms with Gasteiger partial charge in [-0.3, -0.25) is 4.72 Å². The summed E-state index contributed by atoms with van der Waals surface area (Å²) < 4.78 is 45.4. The van der Waals surface area contributed by atoms with Gasteiger partial charge in [-0.25, -0.2) is 17.8 Å². The average Bonchev–Trinajstić information content (AvgIpc) is 3.25. The van der Waals surface area contributed by atoms with Gasteiger partial charge >= 0.3 is 0 Å². The second-order valence-corrected chi connectivity index (χ2v) is 9.61. The lowest BCUT2D eigenvalue weighted by Crippen LogP contribution is -2.25. The van der Waals surface area contributed by atoms with Crippen molar-refractivity contribution in [1.29, 1.82) is 0 Å². The summed E-state index contributed by atoms with van der Waals surface area (Å²) >= 11 is 7.07. The summed E-state index contributed by atoms with van der Waals surface area (Å²) in [7, 11) is -4.20. The molecule has 0 saturated carbocycles. The van der Waals surface area contributed by atoms with Crippen LogP contribution in [0.3, 0.4) is 0 Å². The summed E-state index contributed by atoms with van der Waals surface area (Å²) in [4.78, 5) is 3.15. The number of aromatic nitrogens is 2. The van der Waals surface area contributed by atoms with Gasteiger partial charge in [-0.05, 0) is 42.1 Å². The Morgan fingerprint density at radius 2 is 1.94 bits per heavy atom. The predicted molar refractivity (Wildman–Crippen MR) is 121 cm³/mol. The molecule has 8 nitrogen and oxygen atoms in total. The summed E-state index contributed by atoms with van der Waals surface area (Å²) in [6.45, 7) is 1.24. The monoisotopic (exact) mass is 484 g/mol. The molecular weight excluding hydrogens is 463 g/mol. The van der Waals surface area contributed by atoms with Crippen molar-refractivity contribution in [2.45, 2.75) is 17.9 Å². The Balaban J connectivity index is 1.72. The molecule has 2 aromatic carbocycles. The fraction of sp³-hybridized carbons (Fsp3) is 0.263. The first kappa shape index (κ1) is 23.4. The van der Waals surface area contributed by atoms with Crippen LogP contribution >= 0.6 is 23.1 Å².